The van der Waals surface area contributed by atoms with E-state index in [9.17, 15) is 14.4 Å². The summed E-state index contributed by atoms with van der Waals surface area (Å²) in [5.74, 6) is -0.556. The van der Waals surface area contributed by atoms with E-state index in [2.05, 4.69) is 15.1 Å². The van der Waals surface area contributed by atoms with Crippen LogP contribution in [0.3, 0.4) is 0 Å². The van der Waals surface area contributed by atoms with Crippen LogP contribution < -0.4 is 16.0 Å². The van der Waals surface area contributed by atoms with Crippen molar-refractivity contribution in [3.63, 3.8) is 0 Å². The number of ether oxygens (including phenoxy) is 1. The van der Waals surface area contributed by atoms with Gasteiger partial charge in [0.25, 0.3) is 5.91 Å². The van der Waals surface area contributed by atoms with Crippen LogP contribution in [0.2, 0.25) is 0 Å². The van der Waals surface area contributed by atoms with E-state index in [0.717, 1.165) is 50.7 Å². The number of benzene rings is 1. The lowest BCUT2D eigenvalue weighted by atomic mass is 9.93. The Morgan fingerprint density at radius 2 is 1.71 bits per heavy atom. The molecule has 0 unspecified atom stereocenters. The molecule has 2 saturated carbocycles. The van der Waals surface area contributed by atoms with Crippen molar-refractivity contribution in [3.05, 3.63) is 29.8 Å². The molecule has 2 aliphatic carbocycles. The summed E-state index contributed by atoms with van der Waals surface area (Å²) in [6.07, 6.45) is 5.08. The molecule has 3 atom stereocenters. The van der Waals surface area contributed by atoms with Gasteiger partial charge in [0.1, 0.15) is 24.3 Å². The van der Waals surface area contributed by atoms with Crippen LogP contribution in [0, 0.1) is 0 Å². The molecule has 1 aromatic rings. The van der Waals surface area contributed by atoms with Gasteiger partial charge in [-0.3, -0.25) is 19.3 Å². The Hall–Kier alpha value is -2.49. The Labute approximate surface area is 205 Å². The van der Waals surface area contributed by atoms with Gasteiger partial charge in [-0.15, -0.1) is 0 Å². The highest BCUT2D eigenvalue weighted by atomic mass is 16.5. The number of amides is 2. The maximum Gasteiger partial charge on any atom is 0.252 e. The molecule has 3 saturated heterocycles. The summed E-state index contributed by atoms with van der Waals surface area (Å²) in [7, 11) is 0. The zero-order chi connectivity index (χ0) is 24.2. The molecule has 9 heteroatoms. The smallest absolute Gasteiger partial charge is 0.252 e. The van der Waals surface area contributed by atoms with Crippen molar-refractivity contribution in [3.8, 4) is 0 Å². The number of carbonyl (C=O) groups is 3. The normalized spacial score (nSPS) is 30.5. The van der Waals surface area contributed by atoms with E-state index in [1.165, 1.54) is 12.8 Å². The van der Waals surface area contributed by atoms with Crippen LogP contribution in [0.5, 0.6) is 0 Å². The van der Waals surface area contributed by atoms with Crippen molar-refractivity contribution < 1.29 is 19.1 Å². The highest BCUT2D eigenvalue weighted by Gasteiger charge is 2.55. The summed E-state index contributed by atoms with van der Waals surface area (Å²) >= 11 is 0. The topological polar surface area (TPSA) is 108 Å². The minimum absolute atomic E-state index is 0.00580. The van der Waals surface area contributed by atoms with Crippen molar-refractivity contribution in [1.82, 2.24) is 15.1 Å². The fourth-order valence-electron chi connectivity index (χ4n) is 6.44. The van der Waals surface area contributed by atoms with Gasteiger partial charge in [-0.05, 0) is 49.9 Å². The third-order valence-electron chi connectivity index (χ3n) is 8.58. The Morgan fingerprint density at radius 3 is 2.37 bits per heavy atom. The van der Waals surface area contributed by atoms with Crippen LogP contribution in [0.25, 0.3) is 0 Å². The van der Waals surface area contributed by atoms with Crippen LogP contribution in [0.4, 0.5) is 5.69 Å². The van der Waals surface area contributed by atoms with E-state index in [4.69, 9.17) is 10.5 Å². The molecular weight excluding hydrogens is 446 g/mol. The van der Waals surface area contributed by atoms with Gasteiger partial charge in [-0.1, -0.05) is 12.8 Å². The lowest BCUT2D eigenvalue weighted by Gasteiger charge is -2.36. The molecule has 3 N–H and O–H groups in total. The van der Waals surface area contributed by atoms with Gasteiger partial charge in [0.2, 0.25) is 5.91 Å². The summed E-state index contributed by atoms with van der Waals surface area (Å²) in [6, 6.07) is 7.49. The van der Waals surface area contributed by atoms with Gasteiger partial charge >= 0.3 is 0 Å². The third kappa shape index (κ3) is 4.13. The second-order valence-electron chi connectivity index (χ2n) is 10.9. The fraction of sp³-hybridized carbons (Fsp3) is 0.654. The fourth-order valence-corrected chi connectivity index (χ4v) is 6.44. The van der Waals surface area contributed by atoms with Gasteiger partial charge in [0.05, 0.1) is 6.04 Å². The predicted octanol–water partition coefficient (Wildman–Crippen LogP) is 0.520. The van der Waals surface area contributed by atoms with Crippen LogP contribution in [0.15, 0.2) is 24.3 Å². The second kappa shape index (κ2) is 8.87. The van der Waals surface area contributed by atoms with E-state index in [-0.39, 0.29) is 36.8 Å². The molecular formula is C26H35N5O4. The van der Waals surface area contributed by atoms with Gasteiger partial charge in [0.15, 0.2) is 5.78 Å². The maximum absolute atomic E-state index is 13.7. The molecule has 6 rings (SSSR count). The van der Waals surface area contributed by atoms with Gasteiger partial charge in [-0.2, -0.15) is 0 Å². The highest BCUT2D eigenvalue weighted by Crippen LogP contribution is 2.36. The number of hydrogen-bond donors (Lipinski definition) is 2. The Morgan fingerprint density at radius 1 is 1.03 bits per heavy atom. The second-order valence-corrected chi connectivity index (χ2v) is 10.9. The van der Waals surface area contributed by atoms with E-state index in [1.807, 2.05) is 24.3 Å². The van der Waals surface area contributed by atoms with Crippen molar-refractivity contribution in [2.24, 2.45) is 5.73 Å². The van der Waals surface area contributed by atoms with E-state index < -0.39 is 17.7 Å². The number of carbonyl (C=O) groups excluding carboxylic acids is 3. The summed E-state index contributed by atoms with van der Waals surface area (Å²) < 4.78 is 5.55. The van der Waals surface area contributed by atoms with E-state index >= 15 is 0 Å². The first kappa shape index (κ1) is 22.9. The number of nitrogens with zero attached hydrogens (tertiary/aromatic N) is 3. The Kier molecular flexibility index (Phi) is 5.81. The largest absolute Gasteiger partial charge is 0.369 e. The molecule has 188 valence electrons. The van der Waals surface area contributed by atoms with E-state index in [0.29, 0.717) is 18.4 Å². The molecule has 3 heterocycles. The predicted molar refractivity (Wildman–Crippen MR) is 130 cm³/mol. The molecule has 5 fully saturated rings. The molecule has 0 spiro atoms. The first-order valence-corrected chi connectivity index (χ1v) is 13.1. The number of fused-ring (bicyclic) bond motifs is 1. The molecule has 0 bridgehead atoms. The molecule has 9 nitrogen and oxygen atoms in total. The lowest BCUT2D eigenvalue weighted by molar-refractivity contribution is -0.142. The van der Waals surface area contributed by atoms with Crippen molar-refractivity contribution in [2.45, 2.75) is 68.3 Å². The lowest BCUT2D eigenvalue weighted by Crippen LogP contribution is -2.60. The number of nitrogens with one attached hydrogen (secondary N) is 1. The van der Waals surface area contributed by atoms with Gasteiger partial charge in [-0.25, -0.2) is 0 Å². The molecule has 3 aliphatic heterocycles. The zero-order valence-electron chi connectivity index (χ0n) is 20.2. The molecule has 35 heavy (non-hydrogen) atoms. The number of likely N-dealkylation sites (tertiary alicyclic amines) is 1. The number of piperazine rings is 1. The van der Waals surface area contributed by atoms with Crippen LogP contribution >= 0.6 is 0 Å². The van der Waals surface area contributed by atoms with Crippen molar-refractivity contribution in [2.75, 3.05) is 44.2 Å². The number of Topliss-reactive ketones (excluding diaryl/α,β-unsaturated/α-hetero) is 1. The quantitative estimate of drug-likeness (QED) is 0.631. The average Bonchev–Trinajstić information content (AvgIpc) is 3.36. The standard InChI is InChI=1S/C26H35N5O4/c27-20-15-31(22-21(32)16-35-23(20)22)25(34)26(9-1-2-10-26)28-24(33)17-3-5-18(6-4-17)29-11-13-30(14-12-29)19-7-8-19/h3-6,19-20,22-23H,1-2,7-16,27H2,(H,28,33)/t20-,22+,23+/m0/s1. The average molecular weight is 482 g/mol. The van der Waals surface area contributed by atoms with Gasteiger partial charge in [0, 0.05) is 50.0 Å². The summed E-state index contributed by atoms with van der Waals surface area (Å²) in [5.41, 5.74) is 6.85. The minimum Gasteiger partial charge on any atom is -0.369 e. The molecule has 0 aromatic heterocycles. The van der Waals surface area contributed by atoms with Crippen LogP contribution in [-0.2, 0) is 14.3 Å². The number of hydrogen-bond acceptors (Lipinski definition) is 7. The summed E-state index contributed by atoms with van der Waals surface area (Å²) in [5, 5.41) is 3.08. The monoisotopic (exact) mass is 481 g/mol. The van der Waals surface area contributed by atoms with E-state index in [1.54, 1.807) is 4.90 Å². The summed E-state index contributed by atoms with van der Waals surface area (Å²) in [4.78, 5) is 46.0. The van der Waals surface area contributed by atoms with Crippen LogP contribution in [-0.4, -0.2) is 96.5 Å². The Bertz CT molecular complexity index is 995. The summed E-state index contributed by atoms with van der Waals surface area (Å²) in [6.45, 7) is 4.46. The van der Waals surface area contributed by atoms with Gasteiger partial charge < -0.3 is 25.6 Å². The molecule has 2 amide bonds. The number of ketones is 1. The number of nitrogens with two attached hydrogens (primary N) is 1. The number of anilines is 1. The highest BCUT2D eigenvalue weighted by molar-refractivity contribution is 6.01. The Balaban J connectivity index is 1.13. The van der Waals surface area contributed by atoms with Crippen LogP contribution in [0.1, 0.15) is 48.9 Å². The van der Waals surface area contributed by atoms with Crippen molar-refractivity contribution in [1.29, 1.82) is 0 Å². The number of rotatable bonds is 5. The maximum atomic E-state index is 13.7. The molecule has 1 aromatic carbocycles. The first-order valence-electron chi connectivity index (χ1n) is 13.1. The first-order chi connectivity index (χ1) is 16.9. The SMILES string of the molecule is N[C@H]1CN(C(=O)C2(NC(=O)c3ccc(N4CCN(C5CC5)CC4)cc3)CCCC2)[C@@H]2C(=O)CO[C@@H]21. The minimum atomic E-state index is -0.994. The zero-order valence-corrected chi connectivity index (χ0v) is 20.2. The molecule has 0 radical (unpaired) electrons. The van der Waals surface area contributed by atoms with Crippen molar-refractivity contribution >= 4 is 23.3 Å². The third-order valence-corrected chi connectivity index (χ3v) is 8.58. The molecule has 5 aliphatic rings.